The van der Waals surface area contributed by atoms with Gasteiger partial charge in [0.2, 0.25) is 0 Å². The third kappa shape index (κ3) is 2.65. The lowest BCUT2D eigenvalue weighted by Gasteiger charge is -2.08. The van der Waals surface area contributed by atoms with Gasteiger partial charge in [-0.25, -0.2) is 4.98 Å². The van der Waals surface area contributed by atoms with E-state index in [0.717, 1.165) is 5.69 Å². The number of anilines is 1. The Morgan fingerprint density at radius 3 is 2.94 bits per heavy atom. The number of halogens is 1. The Balaban J connectivity index is 2.19. The van der Waals surface area contributed by atoms with Gasteiger partial charge in [-0.1, -0.05) is 0 Å². The van der Waals surface area contributed by atoms with Crippen molar-refractivity contribution in [1.29, 1.82) is 0 Å². The maximum atomic E-state index is 10.8. The van der Waals surface area contributed by atoms with Crippen LogP contribution in [0.15, 0.2) is 22.9 Å². The Bertz CT molecular complexity index is 570. The van der Waals surface area contributed by atoms with Gasteiger partial charge >= 0.3 is 0 Å². The van der Waals surface area contributed by atoms with Crippen LogP contribution in [0.1, 0.15) is 11.4 Å². The van der Waals surface area contributed by atoms with E-state index in [1.54, 1.807) is 13.0 Å². The predicted octanol–water partition coefficient (Wildman–Crippen LogP) is 2.40. The van der Waals surface area contributed by atoms with Gasteiger partial charge in [0.1, 0.15) is 12.2 Å². The molecule has 94 valence electrons. The van der Waals surface area contributed by atoms with Crippen molar-refractivity contribution in [3.8, 4) is 0 Å². The number of nitrogens with zero attached hydrogens (tertiary/aromatic N) is 3. The van der Waals surface area contributed by atoms with Crippen molar-refractivity contribution in [2.75, 3.05) is 5.32 Å². The van der Waals surface area contributed by atoms with Gasteiger partial charge in [0.25, 0.3) is 5.69 Å². The fourth-order valence-corrected chi connectivity index (χ4v) is 1.97. The number of nitro benzene ring substituents is 1. The molecule has 1 heterocycles. The normalized spacial score (nSPS) is 10.3. The highest BCUT2D eigenvalue weighted by molar-refractivity contribution is 9.10. The minimum absolute atomic E-state index is 0.0899. The summed E-state index contributed by atoms with van der Waals surface area (Å²) in [5.41, 5.74) is 1.46. The second kappa shape index (κ2) is 5.13. The molecule has 18 heavy (non-hydrogen) atoms. The quantitative estimate of drug-likeness (QED) is 0.667. The molecule has 0 atom stereocenters. The summed E-state index contributed by atoms with van der Waals surface area (Å²) in [6.07, 6.45) is 1.42. The summed E-state index contributed by atoms with van der Waals surface area (Å²) in [5.74, 6) is 0.693. The first kappa shape index (κ1) is 12.5. The summed E-state index contributed by atoms with van der Waals surface area (Å²) < 4.78 is 0.638. The summed E-state index contributed by atoms with van der Waals surface area (Å²) in [7, 11) is 0. The Hall–Kier alpha value is -1.96. The summed E-state index contributed by atoms with van der Waals surface area (Å²) in [4.78, 5) is 14.3. The molecule has 0 aliphatic rings. The summed E-state index contributed by atoms with van der Waals surface area (Å²) >= 11 is 3.30. The summed E-state index contributed by atoms with van der Waals surface area (Å²) in [6.45, 7) is 2.17. The van der Waals surface area contributed by atoms with Crippen molar-refractivity contribution in [2.45, 2.75) is 13.5 Å². The van der Waals surface area contributed by atoms with Gasteiger partial charge in [0, 0.05) is 21.8 Å². The fraction of sp³-hybridized carbons (Fsp3) is 0.200. The number of H-pyrrole nitrogens is 1. The second-order valence-corrected chi connectivity index (χ2v) is 4.52. The average molecular weight is 312 g/mol. The number of nitrogens with one attached hydrogen (secondary N) is 2. The molecule has 8 heteroatoms. The third-order valence-electron chi connectivity index (χ3n) is 2.39. The van der Waals surface area contributed by atoms with Crippen LogP contribution in [0, 0.1) is 17.0 Å². The van der Waals surface area contributed by atoms with Crippen LogP contribution in [0.4, 0.5) is 11.4 Å². The Morgan fingerprint density at radius 1 is 1.56 bits per heavy atom. The van der Waals surface area contributed by atoms with E-state index in [1.165, 1.54) is 12.4 Å². The molecule has 7 nitrogen and oxygen atoms in total. The largest absolute Gasteiger partial charge is 0.377 e. The smallest absolute Gasteiger partial charge is 0.273 e. The second-order valence-electron chi connectivity index (χ2n) is 3.66. The molecule has 2 rings (SSSR count). The number of aromatic nitrogens is 3. The minimum Gasteiger partial charge on any atom is -0.377 e. The average Bonchev–Trinajstić information content (AvgIpc) is 2.82. The lowest BCUT2D eigenvalue weighted by atomic mass is 10.2. The molecule has 0 amide bonds. The Kier molecular flexibility index (Phi) is 3.56. The van der Waals surface area contributed by atoms with Gasteiger partial charge in [-0.3, -0.25) is 15.2 Å². The van der Waals surface area contributed by atoms with Gasteiger partial charge in [0.15, 0.2) is 0 Å². The molecular formula is C10H10BrN5O2. The molecule has 2 aromatic rings. The molecule has 0 unspecified atom stereocenters. The van der Waals surface area contributed by atoms with Gasteiger partial charge in [0.05, 0.1) is 11.5 Å². The van der Waals surface area contributed by atoms with Crippen molar-refractivity contribution < 1.29 is 4.92 Å². The molecule has 0 fully saturated rings. The van der Waals surface area contributed by atoms with Crippen molar-refractivity contribution >= 4 is 27.3 Å². The van der Waals surface area contributed by atoms with E-state index >= 15 is 0 Å². The molecule has 0 saturated carbocycles. The van der Waals surface area contributed by atoms with Crippen LogP contribution in [0.3, 0.4) is 0 Å². The van der Waals surface area contributed by atoms with Crippen molar-refractivity contribution in [3.05, 3.63) is 44.4 Å². The van der Waals surface area contributed by atoms with Crippen molar-refractivity contribution in [1.82, 2.24) is 15.2 Å². The monoisotopic (exact) mass is 311 g/mol. The first-order chi connectivity index (χ1) is 8.58. The number of rotatable bonds is 4. The molecule has 0 spiro atoms. The molecule has 2 N–H and O–H groups in total. The molecule has 0 aliphatic carbocycles. The molecule has 1 aromatic heterocycles. The SMILES string of the molecule is Cc1cc(NCc2ncn[nH]2)c(Br)cc1[N+](=O)[O-]. The van der Waals surface area contributed by atoms with Crippen LogP contribution in [0.5, 0.6) is 0 Å². The highest BCUT2D eigenvalue weighted by Gasteiger charge is 2.14. The van der Waals surface area contributed by atoms with Gasteiger partial charge < -0.3 is 5.32 Å². The van der Waals surface area contributed by atoms with Crippen molar-refractivity contribution in [3.63, 3.8) is 0 Å². The van der Waals surface area contributed by atoms with Crippen LogP contribution < -0.4 is 5.32 Å². The Morgan fingerprint density at radius 2 is 2.33 bits per heavy atom. The first-order valence-electron chi connectivity index (χ1n) is 5.10. The number of aromatic amines is 1. The zero-order valence-corrected chi connectivity index (χ0v) is 11.1. The Labute approximate surface area is 111 Å². The van der Waals surface area contributed by atoms with Crippen LogP contribution >= 0.6 is 15.9 Å². The maximum absolute atomic E-state index is 10.8. The first-order valence-corrected chi connectivity index (χ1v) is 5.90. The lowest BCUT2D eigenvalue weighted by molar-refractivity contribution is -0.385. The van der Waals surface area contributed by atoms with Gasteiger partial charge in [-0.05, 0) is 28.9 Å². The highest BCUT2D eigenvalue weighted by atomic mass is 79.9. The standard InChI is InChI=1S/C10H10BrN5O2/c1-6-2-8(7(11)3-9(6)16(17)18)12-4-10-13-5-14-15-10/h2-3,5,12H,4H2,1H3,(H,13,14,15). The maximum Gasteiger partial charge on any atom is 0.273 e. The molecular weight excluding hydrogens is 302 g/mol. The topological polar surface area (TPSA) is 96.7 Å². The van der Waals surface area contributed by atoms with Gasteiger partial charge in [-0.15, -0.1) is 0 Å². The van der Waals surface area contributed by atoms with E-state index in [4.69, 9.17) is 0 Å². The number of hydrogen-bond acceptors (Lipinski definition) is 5. The molecule has 0 aliphatic heterocycles. The summed E-state index contributed by atoms with van der Waals surface area (Å²) in [6, 6.07) is 3.20. The zero-order chi connectivity index (χ0) is 13.1. The van der Waals surface area contributed by atoms with E-state index in [1.807, 2.05) is 0 Å². The van der Waals surface area contributed by atoms with E-state index < -0.39 is 4.92 Å². The minimum atomic E-state index is -0.402. The van der Waals surface area contributed by atoms with E-state index in [-0.39, 0.29) is 5.69 Å². The highest BCUT2D eigenvalue weighted by Crippen LogP contribution is 2.30. The van der Waals surface area contributed by atoms with Gasteiger partial charge in [-0.2, -0.15) is 5.10 Å². The fourth-order valence-electron chi connectivity index (χ4n) is 1.50. The van der Waals surface area contributed by atoms with E-state index in [9.17, 15) is 10.1 Å². The number of nitro groups is 1. The van der Waals surface area contributed by atoms with E-state index in [2.05, 4.69) is 36.4 Å². The number of hydrogen-bond donors (Lipinski definition) is 2. The molecule has 0 bridgehead atoms. The van der Waals surface area contributed by atoms with Crippen LogP contribution in [0.2, 0.25) is 0 Å². The number of aryl methyl sites for hydroxylation is 1. The molecule has 0 radical (unpaired) electrons. The lowest BCUT2D eigenvalue weighted by Crippen LogP contribution is -2.03. The van der Waals surface area contributed by atoms with Crippen LogP contribution in [-0.4, -0.2) is 20.1 Å². The van der Waals surface area contributed by atoms with E-state index in [0.29, 0.717) is 22.4 Å². The van der Waals surface area contributed by atoms with Crippen LogP contribution in [-0.2, 0) is 6.54 Å². The zero-order valence-electron chi connectivity index (χ0n) is 9.48. The predicted molar refractivity (Wildman–Crippen MR) is 69.2 cm³/mol. The van der Waals surface area contributed by atoms with Crippen molar-refractivity contribution in [2.24, 2.45) is 0 Å². The molecule has 0 saturated heterocycles. The summed E-state index contributed by atoms with van der Waals surface area (Å²) in [5, 5.41) is 20.3. The number of benzene rings is 1. The third-order valence-corrected chi connectivity index (χ3v) is 3.05. The molecule has 1 aromatic carbocycles. The van der Waals surface area contributed by atoms with Crippen LogP contribution in [0.25, 0.3) is 0 Å².